The van der Waals surface area contributed by atoms with Gasteiger partial charge in [0, 0.05) is 15.9 Å². The van der Waals surface area contributed by atoms with E-state index in [-0.39, 0.29) is 12.5 Å². The molecule has 0 aliphatic carbocycles. The van der Waals surface area contributed by atoms with Crippen molar-refractivity contribution in [2.45, 2.75) is 6.92 Å². The van der Waals surface area contributed by atoms with Crippen LogP contribution in [0.4, 0.5) is 11.4 Å². The predicted octanol–water partition coefficient (Wildman–Crippen LogP) is 3.76. The third-order valence-electron chi connectivity index (χ3n) is 3.14. The fourth-order valence-corrected chi connectivity index (χ4v) is 2.37. The number of rotatable bonds is 9. The van der Waals surface area contributed by atoms with Crippen LogP contribution in [0.2, 0.25) is 0 Å². The lowest BCUT2D eigenvalue weighted by Crippen LogP contribution is -2.22. The van der Waals surface area contributed by atoms with Crippen molar-refractivity contribution in [3.8, 4) is 5.75 Å². The average molecular weight is 440 g/mol. The summed E-state index contributed by atoms with van der Waals surface area (Å²) >= 11 is 2.23. The van der Waals surface area contributed by atoms with Crippen molar-refractivity contribution < 1.29 is 14.3 Å². The highest BCUT2D eigenvalue weighted by Crippen LogP contribution is 2.23. The fraction of sp³-hybridized carbons (Fsp3) is 0.278. The highest BCUT2D eigenvalue weighted by molar-refractivity contribution is 14.1. The van der Waals surface area contributed by atoms with Gasteiger partial charge in [0.05, 0.1) is 18.8 Å². The molecule has 0 heterocycles. The van der Waals surface area contributed by atoms with Crippen LogP contribution in [0.3, 0.4) is 0 Å². The minimum Gasteiger partial charge on any atom is -0.489 e. The minimum atomic E-state index is -0.111. The number of nitrogens with one attached hydrogen (secondary N) is 2. The van der Waals surface area contributed by atoms with Gasteiger partial charge >= 0.3 is 0 Å². The van der Waals surface area contributed by atoms with Gasteiger partial charge in [-0.1, -0.05) is 12.1 Å². The van der Waals surface area contributed by atoms with E-state index in [0.717, 1.165) is 14.9 Å². The van der Waals surface area contributed by atoms with Gasteiger partial charge in [0.1, 0.15) is 12.4 Å². The van der Waals surface area contributed by atoms with Gasteiger partial charge in [0.25, 0.3) is 0 Å². The fourth-order valence-electron chi connectivity index (χ4n) is 2.01. The molecule has 2 aromatic carbocycles. The van der Waals surface area contributed by atoms with E-state index in [2.05, 4.69) is 33.2 Å². The minimum absolute atomic E-state index is 0.111. The van der Waals surface area contributed by atoms with Crippen molar-refractivity contribution >= 4 is 39.9 Å². The van der Waals surface area contributed by atoms with Crippen molar-refractivity contribution in [2.75, 3.05) is 37.0 Å². The Balaban J connectivity index is 1.84. The Bertz CT molecular complexity index is 647. The molecule has 0 radical (unpaired) electrons. The summed E-state index contributed by atoms with van der Waals surface area (Å²) in [6.45, 7) is 3.79. The summed E-state index contributed by atoms with van der Waals surface area (Å²) in [6, 6.07) is 15.2. The first kappa shape index (κ1) is 18.5. The highest BCUT2D eigenvalue weighted by Gasteiger charge is 2.06. The summed E-state index contributed by atoms with van der Waals surface area (Å²) in [5.41, 5.74) is 1.57. The van der Waals surface area contributed by atoms with Crippen LogP contribution in [-0.2, 0) is 9.53 Å². The molecule has 0 bridgehead atoms. The van der Waals surface area contributed by atoms with Crippen molar-refractivity contribution in [1.29, 1.82) is 0 Å². The van der Waals surface area contributed by atoms with E-state index in [1.807, 2.05) is 55.5 Å². The molecule has 0 aliphatic rings. The van der Waals surface area contributed by atoms with Gasteiger partial charge in [-0.3, -0.25) is 4.79 Å². The van der Waals surface area contributed by atoms with E-state index >= 15 is 0 Å². The van der Waals surface area contributed by atoms with Crippen LogP contribution in [-0.4, -0.2) is 32.3 Å². The summed E-state index contributed by atoms with van der Waals surface area (Å²) in [5, 5.41) is 5.96. The first-order chi connectivity index (χ1) is 11.7. The molecule has 5 nitrogen and oxygen atoms in total. The molecule has 0 fully saturated rings. The third-order valence-corrected chi connectivity index (χ3v) is 3.86. The first-order valence-electron chi connectivity index (χ1n) is 7.78. The Kier molecular flexibility index (Phi) is 7.84. The van der Waals surface area contributed by atoms with Crippen molar-refractivity contribution in [3.63, 3.8) is 0 Å². The molecule has 0 atom stereocenters. The molecule has 1 amide bonds. The maximum atomic E-state index is 12.0. The largest absolute Gasteiger partial charge is 0.489 e. The summed E-state index contributed by atoms with van der Waals surface area (Å²) in [5.74, 6) is 0.597. The number of hydrogen-bond donors (Lipinski definition) is 2. The van der Waals surface area contributed by atoms with Crippen LogP contribution < -0.4 is 15.4 Å². The number of para-hydroxylation sites is 2. The molecule has 0 unspecified atom stereocenters. The van der Waals surface area contributed by atoms with Crippen molar-refractivity contribution in [1.82, 2.24) is 0 Å². The average Bonchev–Trinajstić information content (AvgIpc) is 2.60. The van der Waals surface area contributed by atoms with Crippen LogP contribution in [0, 0.1) is 3.57 Å². The number of amides is 1. The second kappa shape index (κ2) is 10.1. The maximum absolute atomic E-state index is 12.0. The smallest absolute Gasteiger partial charge is 0.243 e. The van der Waals surface area contributed by atoms with Gasteiger partial charge in [-0.05, 0) is 65.9 Å². The molecule has 128 valence electrons. The number of carbonyl (C=O) groups excluding carboxylic acids is 1. The molecule has 0 aromatic heterocycles. The monoisotopic (exact) mass is 440 g/mol. The molecule has 0 aliphatic heterocycles. The number of benzene rings is 2. The zero-order chi connectivity index (χ0) is 17.2. The van der Waals surface area contributed by atoms with Gasteiger partial charge in [0.2, 0.25) is 5.91 Å². The number of anilines is 2. The second-order valence-corrected chi connectivity index (χ2v) is 6.20. The normalized spacial score (nSPS) is 10.2. The van der Waals surface area contributed by atoms with E-state index in [9.17, 15) is 4.79 Å². The number of hydrogen-bond acceptors (Lipinski definition) is 4. The number of halogens is 1. The topological polar surface area (TPSA) is 59.6 Å². The molecule has 2 N–H and O–H groups in total. The van der Waals surface area contributed by atoms with Gasteiger partial charge < -0.3 is 20.1 Å². The van der Waals surface area contributed by atoms with E-state index < -0.39 is 0 Å². The second-order valence-electron chi connectivity index (χ2n) is 4.95. The standard InChI is InChI=1S/C18H21IN2O3/c1-2-23-11-12-24-17-6-4-3-5-16(17)20-13-18(22)21-15-9-7-14(19)8-10-15/h3-10,20H,2,11-13H2,1H3,(H,21,22). The summed E-state index contributed by atoms with van der Waals surface area (Å²) in [7, 11) is 0. The molecule has 6 heteroatoms. The van der Waals surface area contributed by atoms with Crippen LogP contribution in [0.15, 0.2) is 48.5 Å². The molecule has 0 saturated carbocycles. The summed E-state index contributed by atoms with van der Waals surface area (Å²) in [6.07, 6.45) is 0. The molecule has 0 saturated heterocycles. The summed E-state index contributed by atoms with van der Waals surface area (Å²) < 4.78 is 12.1. The van der Waals surface area contributed by atoms with E-state index in [0.29, 0.717) is 25.6 Å². The lowest BCUT2D eigenvalue weighted by atomic mass is 10.3. The van der Waals surface area contributed by atoms with Gasteiger partial charge in [-0.25, -0.2) is 0 Å². The predicted molar refractivity (Wildman–Crippen MR) is 105 cm³/mol. The SMILES string of the molecule is CCOCCOc1ccccc1NCC(=O)Nc1ccc(I)cc1. The highest BCUT2D eigenvalue weighted by atomic mass is 127. The Morgan fingerprint density at radius 3 is 2.58 bits per heavy atom. The van der Waals surface area contributed by atoms with Crippen LogP contribution in [0.5, 0.6) is 5.75 Å². The van der Waals surface area contributed by atoms with Crippen LogP contribution in [0.25, 0.3) is 0 Å². The molecule has 24 heavy (non-hydrogen) atoms. The molecular formula is C18H21IN2O3. The number of ether oxygens (including phenoxy) is 2. The van der Waals surface area contributed by atoms with Crippen LogP contribution in [0.1, 0.15) is 6.92 Å². The zero-order valence-corrected chi connectivity index (χ0v) is 15.7. The van der Waals surface area contributed by atoms with E-state index in [1.54, 1.807) is 0 Å². The maximum Gasteiger partial charge on any atom is 0.243 e. The Hall–Kier alpha value is -1.80. The molecular weight excluding hydrogens is 419 g/mol. The summed E-state index contributed by atoms with van der Waals surface area (Å²) in [4.78, 5) is 12.0. The van der Waals surface area contributed by atoms with Crippen LogP contribution >= 0.6 is 22.6 Å². The van der Waals surface area contributed by atoms with E-state index in [1.165, 1.54) is 0 Å². The first-order valence-corrected chi connectivity index (χ1v) is 8.85. The Morgan fingerprint density at radius 2 is 1.83 bits per heavy atom. The van der Waals surface area contributed by atoms with Gasteiger partial charge in [-0.2, -0.15) is 0 Å². The van der Waals surface area contributed by atoms with Crippen molar-refractivity contribution in [2.24, 2.45) is 0 Å². The lowest BCUT2D eigenvalue weighted by molar-refractivity contribution is -0.114. The zero-order valence-electron chi connectivity index (χ0n) is 13.5. The quantitative estimate of drug-likeness (QED) is 0.461. The molecule has 2 aromatic rings. The Labute approximate surface area is 155 Å². The van der Waals surface area contributed by atoms with Gasteiger partial charge in [0.15, 0.2) is 0 Å². The van der Waals surface area contributed by atoms with Crippen molar-refractivity contribution in [3.05, 3.63) is 52.1 Å². The third kappa shape index (κ3) is 6.37. The molecule has 0 spiro atoms. The Morgan fingerprint density at radius 1 is 1.08 bits per heavy atom. The molecule has 2 rings (SSSR count). The van der Waals surface area contributed by atoms with Gasteiger partial charge in [-0.15, -0.1) is 0 Å². The number of carbonyl (C=O) groups is 1. The lowest BCUT2D eigenvalue weighted by Gasteiger charge is -2.13. The van der Waals surface area contributed by atoms with E-state index in [4.69, 9.17) is 9.47 Å².